The fraction of sp³-hybridized carbons (Fsp3) is 0.143. The van der Waals surface area contributed by atoms with E-state index >= 15 is 0 Å². The van der Waals surface area contributed by atoms with Crippen LogP contribution in [0.3, 0.4) is 0 Å². The van der Waals surface area contributed by atoms with E-state index in [1.807, 2.05) is 42.5 Å². The van der Waals surface area contributed by atoms with Gasteiger partial charge in [0, 0.05) is 24.7 Å². The Kier molecular flexibility index (Phi) is 5.42. The Hall–Kier alpha value is -3.14. The Morgan fingerprint density at radius 1 is 0.920 bits per heavy atom. The summed E-state index contributed by atoms with van der Waals surface area (Å²) in [4.78, 5) is 9.25. The summed E-state index contributed by atoms with van der Waals surface area (Å²) in [6, 6.07) is 20.4. The zero-order valence-electron chi connectivity index (χ0n) is 14.4. The molecule has 0 amide bonds. The molecule has 0 radical (unpaired) electrons. The molecule has 0 unspecified atom stereocenters. The van der Waals surface area contributed by atoms with Crippen molar-refractivity contribution in [3.63, 3.8) is 0 Å². The highest BCUT2D eigenvalue weighted by Crippen LogP contribution is 2.20. The molecule has 0 aliphatic heterocycles. The maximum absolute atomic E-state index is 4.66. The molecule has 0 aliphatic rings. The maximum Gasteiger partial charge on any atom is 0.163 e. The predicted octanol–water partition coefficient (Wildman–Crippen LogP) is 4.66. The summed E-state index contributed by atoms with van der Waals surface area (Å²) in [7, 11) is 0. The van der Waals surface area contributed by atoms with Crippen LogP contribution < -0.4 is 10.6 Å². The van der Waals surface area contributed by atoms with Gasteiger partial charge < -0.3 is 10.6 Å². The zero-order chi connectivity index (χ0) is 17.5. The minimum absolute atomic E-state index is 0.655. The van der Waals surface area contributed by atoms with Crippen molar-refractivity contribution in [1.29, 1.82) is 0 Å². The van der Waals surface area contributed by atoms with Crippen molar-refractivity contribution in [3.05, 3.63) is 84.4 Å². The Balaban J connectivity index is 1.83. The minimum atomic E-state index is 0.655. The highest BCUT2D eigenvalue weighted by molar-refractivity contribution is 5.61. The van der Waals surface area contributed by atoms with Crippen LogP contribution in [0.5, 0.6) is 0 Å². The molecular weight excluding hydrogens is 308 g/mol. The summed E-state index contributed by atoms with van der Waals surface area (Å²) in [5.74, 6) is 2.27. The average molecular weight is 330 g/mol. The smallest absolute Gasteiger partial charge is 0.163 e. The van der Waals surface area contributed by atoms with Gasteiger partial charge in [0.25, 0.3) is 0 Å². The fourth-order valence-electron chi connectivity index (χ4n) is 2.42. The number of hydrogen-bond acceptors (Lipinski definition) is 4. The van der Waals surface area contributed by atoms with Gasteiger partial charge in [-0.1, -0.05) is 66.2 Å². The third-order valence-corrected chi connectivity index (χ3v) is 3.78. The van der Waals surface area contributed by atoms with Gasteiger partial charge in [0.15, 0.2) is 5.82 Å². The average Bonchev–Trinajstić information content (AvgIpc) is 2.66. The van der Waals surface area contributed by atoms with Gasteiger partial charge in [0.2, 0.25) is 0 Å². The lowest BCUT2D eigenvalue weighted by Crippen LogP contribution is -2.07. The van der Waals surface area contributed by atoms with Gasteiger partial charge in [-0.25, -0.2) is 9.97 Å². The summed E-state index contributed by atoms with van der Waals surface area (Å²) >= 11 is 0. The zero-order valence-corrected chi connectivity index (χ0v) is 14.4. The van der Waals surface area contributed by atoms with Crippen LogP contribution >= 0.6 is 0 Å². The molecule has 0 saturated heterocycles. The van der Waals surface area contributed by atoms with Crippen LogP contribution in [0.25, 0.3) is 11.4 Å². The molecule has 1 heterocycles. The molecule has 0 aliphatic carbocycles. The molecule has 4 heteroatoms. The Labute approximate surface area is 148 Å². The first kappa shape index (κ1) is 16.7. The van der Waals surface area contributed by atoms with Crippen molar-refractivity contribution in [3.8, 4) is 11.4 Å². The first-order valence-electron chi connectivity index (χ1n) is 8.33. The second-order valence-electron chi connectivity index (χ2n) is 5.84. The predicted molar refractivity (Wildman–Crippen MR) is 105 cm³/mol. The molecule has 0 atom stereocenters. The number of nitrogens with one attached hydrogen (secondary N) is 2. The van der Waals surface area contributed by atoms with Crippen LogP contribution in [0.15, 0.2) is 73.3 Å². The van der Waals surface area contributed by atoms with Crippen molar-refractivity contribution >= 4 is 11.6 Å². The lowest BCUT2D eigenvalue weighted by Gasteiger charge is -2.11. The van der Waals surface area contributed by atoms with Gasteiger partial charge in [0.05, 0.1) is 0 Å². The summed E-state index contributed by atoms with van der Waals surface area (Å²) < 4.78 is 0. The summed E-state index contributed by atoms with van der Waals surface area (Å²) in [6.07, 6.45) is 1.81. The molecule has 25 heavy (non-hydrogen) atoms. The molecule has 2 N–H and O–H groups in total. The van der Waals surface area contributed by atoms with Gasteiger partial charge >= 0.3 is 0 Å². The van der Waals surface area contributed by atoms with Gasteiger partial charge in [-0.3, -0.25) is 0 Å². The lowest BCUT2D eigenvalue weighted by atomic mass is 10.1. The fourth-order valence-corrected chi connectivity index (χ4v) is 2.42. The second-order valence-corrected chi connectivity index (χ2v) is 5.84. The van der Waals surface area contributed by atoms with E-state index in [2.05, 4.69) is 58.4 Å². The summed E-state index contributed by atoms with van der Waals surface area (Å²) in [5, 5.41) is 6.63. The number of aromatic nitrogens is 2. The van der Waals surface area contributed by atoms with Crippen LogP contribution in [0.4, 0.5) is 11.6 Å². The first-order chi connectivity index (χ1) is 12.2. The van der Waals surface area contributed by atoms with E-state index < -0.39 is 0 Å². The van der Waals surface area contributed by atoms with Crippen molar-refractivity contribution in [2.75, 3.05) is 17.2 Å². The molecule has 4 nitrogen and oxygen atoms in total. The normalized spacial score (nSPS) is 10.3. The highest BCUT2D eigenvalue weighted by Gasteiger charge is 2.06. The van der Waals surface area contributed by atoms with E-state index in [0.29, 0.717) is 18.9 Å². The Bertz CT molecular complexity index is 826. The molecule has 0 bridgehead atoms. The lowest BCUT2D eigenvalue weighted by molar-refractivity contribution is 1.08. The molecular formula is C21H22N4. The Morgan fingerprint density at radius 3 is 2.28 bits per heavy atom. The highest BCUT2D eigenvalue weighted by atomic mass is 15.1. The van der Waals surface area contributed by atoms with Gasteiger partial charge in [-0.05, 0) is 12.5 Å². The monoisotopic (exact) mass is 330 g/mol. The maximum atomic E-state index is 4.66. The van der Waals surface area contributed by atoms with E-state index in [9.17, 15) is 0 Å². The number of benzene rings is 2. The number of anilines is 2. The molecule has 1 aromatic heterocycles. The Morgan fingerprint density at radius 2 is 1.60 bits per heavy atom. The van der Waals surface area contributed by atoms with E-state index in [-0.39, 0.29) is 0 Å². The molecule has 0 fully saturated rings. The number of nitrogens with zero attached hydrogens (tertiary/aromatic N) is 2. The van der Waals surface area contributed by atoms with E-state index in [1.54, 1.807) is 0 Å². The van der Waals surface area contributed by atoms with Crippen LogP contribution in [0.2, 0.25) is 0 Å². The van der Waals surface area contributed by atoms with Gasteiger partial charge in [-0.2, -0.15) is 0 Å². The minimum Gasteiger partial charge on any atom is -0.366 e. The number of rotatable bonds is 7. The molecule has 3 aromatic rings. The van der Waals surface area contributed by atoms with E-state index in [0.717, 1.165) is 17.2 Å². The second kappa shape index (κ2) is 8.11. The van der Waals surface area contributed by atoms with Crippen LogP contribution in [-0.4, -0.2) is 16.5 Å². The topological polar surface area (TPSA) is 49.8 Å². The summed E-state index contributed by atoms with van der Waals surface area (Å²) in [5.41, 5.74) is 3.46. The number of aryl methyl sites for hydroxylation is 1. The summed E-state index contributed by atoms with van der Waals surface area (Å²) in [6.45, 7) is 7.20. The molecule has 0 saturated carbocycles. The van der Waals surface area contributed by atoms with Crippen molar-refractivity contribution < 1.29 is 0 Å². The molecule has 126 valence electrons. The molecule has 2 aromatic carbocycles. The van der Waals surface area contributed by atoms with Crippen LogP contribution in [0.1, 0.15) is 11.1 Å². The van der Waals surface area contributed by atoms with Crippen molar-refractivity contribution in [2.45, 2.75) is 13.5 Å². The van der Waals surface area contributed by atoms with Gasteiger partial charge in [-0.15, -0.1) is 6.58 Å². The SMILES string of the molecule is C=CCNc1cc(NCc2ccc(C)cc2)nc(-c2ccccc2)n1. The van der Waals surface area contributed by atoms with Crippen molar-refractivity contribution in [2.24, 2.45) is 0 Å². The van der Waals surface area contributed by atoms with Gasteiger partial charge in [0.1, 0.15) is 11.6 Å². The van der Waals surface area contributed by atoms with Crippen LogP contribution in [0, 0.1) is 6.92 Å². The third-order valence-electron chi connectivity index (χ3n) is 3.78. The molecule has 3 rings (SSSR count). The quantitative estimate of drug-likeness (QED) is 0.619. The third kappa shape index (κ3) is 4.67. The van der Waals surface area contributed by atoms with Crippen LogP contribution in [-0.2, 0) is 6.54 Å². The first-order valence-corrected chi connectivity index (χ1v) is 8.33. The molecule has 0 spiro atoms. The standard InChI is InChI=1S/C21H22N4/c1-3-13-22-19-14-20(23-15-17-11-9-16(2)10-12-17)25-21(24-19)18-7-5-4-6-8-18/h3-12,14H,1,13,15H2,2H3,(H2,22,23,24,25). The largest absolute Gasteiger partial charge is 0.366 e. The number of hydrogen-bond donors (Lipinski definition) is 2. The van der Waals surface area contributed by atoms with E-state index in [1.165, 1.54) is 11.1 Å². The van der Waals surface area contributed by atoms with Crippen molar-refractivity contribution in [1.82, 2.24) is 9.97 Å². The van der Waals surface area contributed by atoms with E-state index in [4.69, 9.17) is 0 Å².